The second-order valence-corrected chi connectivity index (χ2v) is 10.6. The molecule has 1 N–H and O–H groups in total. The summed E-state index contributed by atoms with van der Waals surface area (Å²) in [5, 5.41) is 9.60. The third-order valence-corrected chi connectivity index (χ3v) is 7.52. The molecule has 4 nitrogen and oxygen atoms in total. The van der Waals surface area contributed by atoms with Crippen molar-refractivity contribution < 1.29 is 31.4 Å². The van der Waals surface area contributed by atoms with Gasteiger partial charge < -0.3 is 5.11 Å². The van der Waals surface area contributed by atoms with Crippen molar-refractivity contribution in [2.75, 3.05) is 26.2 Å². The Morgan fingerprint density at radius 3 is 1.79 bits per heavy atom. The Kier molecular flexibility index (Phi) is 6.56. The molecule has 10 heteroatoms. The summed E-state index contributed by atoms with van der Waals surface area (Å²) in [7, 11) is 0. The van der Waals surface area contributed by atoms with Gasteiger partial charge in [0.2, 0.25) is 0 Å². The van der Waals surface area contributed by atoms with Gasteiger partial charge >= 0.3 is 12.4 Å². The van der Waals surface area contributed by atoms with Crippen LogP contribution in [0.3, 0.4) is 0 Å². The lowest BCUT2D eigenvalue weighted by Crippen LogP contribution is -2.71. The van der Waals surface area contributed by atoms with Gasteiger partial charge in [0.1, 0.15) is 0 Å². The molecule has 0 amide bonds. The maximum absolute atomic E-state index is 13.2. The van der Waals surface area contributed by atoms with Crippen LogP contribution in [0.5, 0.6) is 0 Å². The molecule has 2 aromatic carbocycles. The monoisotopic (exact) mass is 535 g/mol. The number of alkyl halides is 6. The lowest BCUT2D eigenvalue weighted by Gasteiger charge is -2.60. The van der Waals surface area contributed by atoms with E-state index in [-0.39, 0.29) is 0 Å². The van der Waals surface area contributed by atoms with E-state index >= 15 is 0 Å². The van der Waals surface area contributed by atoms with Crippen LogP contribution in [0.1, 0.15) is 22.3 Å². The normalized spacial score (nSPS) is 18.3. The molecule has 2 aliphatic heterocycles. The average Bonchev–Trinajstić information content (AvgIpc) is 2.80. The average molecular weight is 536 g/mol. The number of aliphatic hydroxyl groups is 1. The molecule has 5 rings (SSSR count). The fourth-order valence-corrected chi connectivity index (χ4v) is 5.76. The first-order valence-electron chi connectivity index (χ1n) is 12.2. The van der Waals surface area contributed by atoms with E-state index in [1.165, 1.54) is 17.7 Å². The topological polar surface area (TPSA) is 39.6 Å². The van der Waals surface area contributed by atoms with E-state index in [1.807, 2.05) is 37.3 Å². The maximum atomic E-state index is 13.2. The summed E-state index contributed by atoms with van der Waals surface area (Å²) in [4.78, 5) is 8.86. The summed E-state index contributed by atoms with van der Waals surface area (Å²) in [5.41, 5.74) is -1.47. The Hall–Kier alpha value is -2.95. The van der Waals surface area contributed by atoms with Crippen molar-refractivity contribution in [3.05, 3.63) is 89.2 Å². The number of likely N-dealkylation sites (tertiary alicyclic amines) is 2. The van der Waals surface area contributed by atoms with Crippen LogP contribution >= 0.6 is 0 Å². The van der Waals surface area contributed by atoms with Crippen molar-refractivity contribution in [1.82, 2.24) is 14.8 Å². The molecule has 0 aliphatic carbocycles. The summed E-state index contributed by atoms with van der Waals surface area (Å²) >= 11 is 0. The first kappa shape index (κ1) is 26.6. The van der Waals surface area contributed by atoms with Crippen molar-refractivity contribution in [2.45, 2.75) is 38.0 Å². The number of halogens is 6. The lowest BCUT2D eigenvalue weighted by atomic mass is 9.72. The van der Waals surface area contributed by atoms with E-state index < -0.39 is 23.5 Å². The van der Waals surface area contributed by atoms with E-state index in [0.717, 1.165) is 50.4 Å². The number of aromatic nitrogens is 1. The number of hydrogen-bond acceptors (Lipinski definition) is 4. The van der Waals surface area contributed by atoms with Crippen LogP contribution in [0.15, 0.2) is 67.0 Å². The first-order valence-corrected chi connectivity index (χ1v) is 12.2. The van der Waals surface area contributed by atoms with Crippen LogP contribution in [0, 0.1) is 12.3 Å². The number of benzene rings is 2. The molecule has 38 heavy (non-hydrogen) atoms. The molecule has 3 aromatic rings. The van der Waals surface area contributed by atoms with Gasteiger partial charge in [-0.05, 0) is 46.9 Å². The molecule has 3 heterocycles. The van der Waals surface area contributed by atoms with Gasteiger partial charge in [0.25, 0.3) is 5.60 Å². The zero-order chi connectivity index (χ0) is 27.3. The Morgan fingerprint density at radius 2 is 1.29 bits per heavy atom. The highest BCUT2D eigenvalue weighted by Gasteiger charge is 2.71. The predicted octanol–water partition coefficient (Wildman–Crippen LogP) is 5.69. The second kappa shape index (κ2) is 9.36. The Bertz CT molecular complexity index is 1260. The van der Waals surface area contributed by atoms with Crippen LogP contribution in [0.2, 0.25) is 0 Å². The highest BCUT2D eigenvalue weighted by Crippen LogP contribution is 2.50. The quantitative estimate of drug-likeness (QED) is 0.412. The van der Waals surface area contributed by atoms with E-state index in [1.54, 1.807) is 12.4 Å². The molecule has 2 saturated heterocycles. The molecule has 202 valence electrons. The van der Waals surface area contributed by atoms with Gasteiger partial charge in [0.15, 0.2) is 0 Å². The molecular formula is C28H27F6N3O. The third-order valence-electron chi connectivity index (χ3n) is 7.52. The van der Waals surface area contributed by atoms with Crippen LogP contribution in [-0.4, -0.2) is 58.4 Å². The van der Waals surface area contributed by atoms with Crippen LogP contribution < -0.4 is 0 Å². The number of rotatable bonds is 6. The second-order valence-electron chi connectivity index (χ2n) is 10.6. The van der Waals surface area contributed by atoms with Crippen molar-refractivity contribution in [3.63, 3.8) is 0 Å². The zero-order valence-corrected chi connectivity index (χ0v) is 20.7. The van der Waals surface area contributed by atoms with Gasteiger partial charge in [0, 0.05) is 62.6 Å². The fraction of sp³-hybridized carbons (Fsp3) is 0.393. The van der Waals surface area contributed by atoms with Gasteiger partial charge in [-0.25, -0.2) is 0 Å². The molecule has 0 saturated carbocycles. The SMILES string of the molecule is Cc1cc(CN2CC3(CN(Cc4ccncc4)C3)C2)ccc1-c1ccc(C(O)(C(F)(F)F)C(F)(F)F)cc1. The van der Waals surface area contributed by atoms with Crippen molar-refractivity contribution in [3.8, 4) is 11.1 Å². The largest absolute Gasteiger partial charge is 0.430 e. The van der Waals surface area contributed by atoms with E-state index in [4.69, 9.17) is 0 Å². The van der Waals surface area contributed by atoms with Crippen LogP contribution in [0.25, 0.3) is 11.1 Å². The molecule has 0 bridgehead atoms. The van der Waals surface area contributed by atoms with E-state index in [2.05, 4.69) is 14.8 Å². The predicted molar refractivity (Wildman–Crippen MR) is 130 cm³/mol. The molecule has 0 radical (unpaired) electrons. The summed E-state index contributed by atoms with van der Waals surface area (Å²) in [6.07, 6.45) is -8.20. The Morgan fingerprint density at radius 1 is 0.763 bits per heavy atom. The van der Waals surface area contributed by atoms with Gasteiger partial charge in [0.05, 0.1) is 0 Å². The molecular weight excluding hydrogens is 508 g/mol. The molecule has 0 unspecified atom stereocenters. The third kappa shape index (κ3) is 4.81. The highest BCUT2D eigenvalue weighted by atomic mass is 19.4. The number of pyridine rings is 1. The summed E-state index contributed by atoms with van der Waals surface area (Å²) in [6, 6.07) is 13.5. The van der Waals surface area contributed by atoms with Crippen molar-refractivity contribution in [1.29, 1.82) is 0 Å². The van der Waals surface area contributed by atoms with E-state index in [9.17, 15) is 31.4 Å². The molecule has 1 aromatic heterocycles. The van der Waals surface area contributed by atoms with Gasteiger partial charge in [-0.15, -0.1) is 0 Å². The maximum Gasteiger partial charge on any atom is 0.430 e. The smallest absolute Gasteiger partial charge is 0.369 e. The van der Waals surface area contributed by atoms with Crippen molar-refractivity contribution >= 4 is 0 Å². The zero-order valence-electron chi connectivity index (χ0n) is 20.7. The minimum Gasteiger partial charge on any atom is -0.369 e. The lowest BCUT2D eigenvalue weighted by molar-refractivity contribution is -0.376. The molecule has 0 atom stereocenters. The van der Waals surface area contributed by atoms with Gasteiger partial charge in [-0.2, -0.15) is 26.3 Å². The minimum absolute atomic E-state index is 0.346. The van der Waals surface area contributed by atoms with Crippen molar-refractivity contribution in [2.24, 2.45) is 5.41 Å². The first-order chi connectivity index (χ1) is 17.8. The Balaban J connectivity index is 1.19. The summed E-state index contributed by atoms with van der Waals surface area (Å²) in [6.45, 7) is 7.73. The highest BCUT2D eigenvalue weighted by molar-refractivity contribution is 5.68. The molecule has 2 fully saturated rings. The van der Waals surface area contributed by atoms with Gasteiger partial charge in [-0.1, -0.05) is 42.5 Å². The van der Waals surface area contributed by atoms with Gasteiger partial charge in [-0.3, -0.25) is 14.8 Å². The number of hydrogen-bond donors (Lipinski definition) is 1. The summed E-state index contributed by atoms with van der Waals surface area (Å²) < 4.78 is 79.0. The van der Waals surface area contributed by atoms with E-state index in [0.29, 0.717) is 28.7 Å². The number of nitrogens with zero attached hydrogens (tertiary/aromatic N) is 3. The Labute approximate surface area is 216 Å². The number of aryl methyl sites for hydroxylation is 1. The standard InChI is InChI=1S/C28H27F6N3O/c1-19-12-21(14-37-17-25(18-37)15-36(16-25)13-20-8-10-35-11-9-20)2-7-24(19)22-3-5-23(6-4-22)26(38,27(29,30)31)28(32,33)34/h2-12,38H,13-18H2,1H3. The van der Waals surface area contributed by atoms with Crippen LogP contribution in [0.4, 0.5) is 26.3 Å². The summed E-state index contributed by atoms with van der Waals surface area (Å²) in [5.74, 6) is 0. The minimum atomic E-state index is -5.91. The fourth-order valence-electron chi connectivity index (χ4n) is 5.76. The molecule has 1 spiro atoms. The van der Waals surface area contributed by atoms with Crippen LogP contribution in [-0.2, 0) is 18.7 Å². The molecule has 2 aliphatic rings.